The minimum Gasteiger partial charge on any atom is -0.382 e. The zero-order valence-corrected chi connectivity index (χ0v) is 13.1. The van der Waals surface area contributed by atoms with Gasteiger partial charge >= 0.3 is 0 Å². The van der Waals surface area contributed by atoms with Crippen LogP contribution in [0.1, 0.15) is 34.2 Å². The standard InChI is InChI=1S/C15H19N5OS/c16-14-13(17-5-6-18-14)15(21)19-10-11(12-4-3-9-22-12)20-7-1-2-8-20/h3-6,9,11H,1-2,7-8,10H2,(H2,16,18)(H,19,21). The predicted molar refractivity (Wildman–Crippen MR) is 86.6 cm³/mol. The highest BCUT2D eigenvalue weighted by molar-refractivity contribution is 7.10. The molecule has 1 aliphatic rings. The van der Waals surface area contributed by atoms with E-state index in [1.807, 2.05) is 6.07 Å². The molecule has 0 bridgehead atoms. The molecule has 0 aliphatic carbocycles. The van der Waals surface area contributed by atoms with Crippen LogP contribution in [-0.2, 0) is 0 Å². The van der Waals surface area contributed by atoms with Crippen LogP contribution in [0.5, 0.6) is 0 Å². The van der Waals surface area contributed by atoms with Crippen LogP contribution < -0.4 is 11.1 Å². The van der Waals surface area contributed by atoms with Crippen molar-refractivity contribution < 1.29 is 4.79 Å². The average Bonchev–Trinajstić information content (AvgIpc) is 3.21. The normalized spacial score (nSPS) is 16.5. The number of aromatic nitrogens is 2. The molecule has 0 spiro atoms. The van der Waals surface area contributed by atoms with Crippen molar-refractivity contribution in [1.29, 1.82) is 0 Å². The first-order chi connectivity index (χ1) is 10.8. The fourth-order valence-electron chi connectivity index (χ4n) is 2.74. The van der Waals surface area contributed by atoms with Crippen LogP contribution in [0.3, 0.4) is 0 Å². The fraction of sp³-hybridized carbons (Fsp3) is 0.400. The predicted octanol–water partition coefficient (Wildman–Crippen LogP) is 1.69. The number of likely N-dealkylation sites (tertiary alicyclic amines) is 1. The van der Waals surface area contributed by atoms with Gasteiger partial charge < -0.3 is 11.1 Å². The number of hydrogen-bond acceptors (Lipinski definition) is 6. The Morgan fingerprint density at radius 2 is 2.14 bits per heavy atom. The van der Waals surface area contributed by atoms with Gasteiger partial charge in [0.05, 0.1) is 6.04 Å². The van der Waals surface area contributed by atoms with Gasteiger partial charge in [-0.2, -0.15) is 0 Å². The lowest BCUT2D eigenvalue weighted by molar-refractivity contribution is 0.0934. The summed E-state index contributed by atoms with van der Waals surface area (Å²) >= 11 is 1.72. The summed E-state index contributed by atoms with van der Waals surface area (Å²) in [4.78, 5) is 23.8. The zero-order valence-electron chi connectivity index (χ0n) is 12.2. The quantitative estimate of drug-likeness (QED) is 0.876. The van der Waals surface area contributed by atoms with E-state index in [4.69, 9.17) is 5.73 Å². The molecule has 6 nitrogen and oxygen atoms in total. The number of nitrogen functional groups attached to an aromatic ring is 1. The molecule has 1 aliphatic heterocycles. The highest BCUT2D eigenvalue weighted by Gasteiger charge is 2.25. The Morgan fingerprint density at radius 1 is 1.36 bits per heavy atom. The molecular formula is C15H19N5OS. The Hall–Kier alpha value is -1.99. The zero-order chi connectivity index (χ0) is 15.4. The molecule has 3 heterocycles. The fourth-order valence-corrected chi connectivity index (χ4v) is 3.60. The number of nitrogens with two attached hydrogens (primary N) is 1. The third-order valence-corrected chi connectivity index (χ3v) is 4.82. The molecule has 1 unspecified atom stereocenters. The number of carbonyl (C=O) groups excluding carboxylic acids is 1. The molecule has 0 aromatic carbocycles. The Morgan fingerprint density at radius 3 is 2.82 bits per heavy atom. The van der Waals surface area contributed by atoms with Crippen LogP contribution in [0.15, 0.2) is 29.9 Å². The lowest BCUT2D eigenvalue weighted by Gasteiger charge is -2.26. The molecule has 116 valence electrons. The summed E-state index contributed by atoms with van der Waals surface area (Å²) in [5.41, 5.74) is 5.89. The lowest BCUT2D eigenvalue weighted by Crippen LogP contribution is -2.37. The van der Waals surface area contributed by atoms with E-state index in [1.54, 1.807) is 11.3 Å². The molecule has 3 N–H and O–H groups in total. The van der Waals surface area contributed by atoms with E-state index in [-0.39, 0.29) is 23.5 Å². The van der Waals surface area contributed by atoms with Crippen LogP contribution in [0, 0.1) is 0 Å². The number of hydrogen-bond donors (Lipinski definition) is 2. The number of nitrogens with zero attached hydrogens (tertiary/aromatic N) is 3. The molecular weight excluding hydrogens is 298 g/mol. The first-order valence-corrected chi connectivity index (χ1v) is 8.26. The second-order valence-corrected chi connectivity index (χ2v) is 6.25. The van der Waals surface area contributed by atoms with E-state index in [1.165, 1.54) is 30.1 Å². The molecule has 1 amide bonds. The number of anilines is 1. The Labute approximate surface area is 133 Å². The monoisotopic (exact) mass is 317 g/mol. The van der Waals surface area contributed by atoms with Gasteiger partial charge in [-0.25, -0.2) is 9.97 Å². The van der Waals surface area contributed by atoms with E-state index >= 15 is 0 Å². The molecule has 1 atom stereocenters. The molecule has 7 heteroatoms. The van der Waals surface area contributed by atoms with Gasteiger partial charge in [0.15, 0.2) is 11.5 Å². The van der Waals surface area contributed by atoms with Crippen molar-refractivity contribution >= 4 is 23.1 Å². The molecule has 3 rings (SSSR count). The Kier molecular flexibility index (Phi) is 4.65. The summed E-state index contributed by atoms with van der Waals surface area (Å²) in [7, 11) is 0. The van der Waals surface area contributed by atoms with Gasteiger partial charge in [0.2, 0.25) is 0 Å². The van der Waals surface area contributed by atoms with Crippen LogP contribution >= 0.6 is 11.3 Å². The maximum absolute atomic E-state index is 12.2. The van der Waals surface area contributed by atoms with Crippen molar-refractivity contribution in [1.82, 2.24) is 20.2 Å². The Balaban J connectivity index is 1.69. The summed E-state index contributed by atoms with van der Waals surface area (Å²) in [5.74, 6) is -0.111. The van der Waals surface area contributed by atoms with Crippen LogP contribution in [-0.4, -0.2) is 40.4 Å². The number of nitrogens with one attached hydrogen (secondary N) is 1. The van der Waals surface area contributed by atoms with E-state index in [2.05, 4.69) is 31.6 Å². The molecule has 1 saturated heterocycles. The van der Waals surface area contributed by atoms with E-state index in [0.29, 0.717) is 6.54 Å². The highest BCUT2D eigenvalue weighted by Crippen LogP contribution is 2.27. The van der Waals surface area contributed by atoms with Crippen molar-refractivity contribution in [2.45, 2.75) is 18.9 Å². The summed E-state index contributed by atoms with van der Waals surface area (Å²) in [5, 5.41) is 5.02. The smallest absolute Gasteiger partial charge is 0.273 e. The van der Waals surface area contributed by atoms with Crippen LogP contribution in [0.25, 0.3) is 0 Å². The molecule has 2 aromatic heterocycles. The minimum atomic E-state index is -0.272. The highest BCUT2D eigenvalue weighted by atomic mass is 32.1. The first-order valence-electron chi connectivity index (χ1n) is 7.38. The third kappa shape index (κ3) is 3.26. The number of amides is 1. The molecule has 1 fully saturated rings. The minimum absolute atomic E-state index is 0.161. The van der Waals surface area contributed by atoms with Gasteiger partial charge in [-0.05, 0) is 37.4 Å². The van der Waals surface area contributed by atoms with Crippen molar-refractivity contribution in [3.63, 3.8) is 0 Å². The van der Waals surface area contributed by atoms with Gasteiger partial charge in [-0.1, -0.05) is 6.07 Å². The van der Waals surface area contributed by atoms with Crippen molar-refractivity contribution in [3.05, 3.63) is 40.5 Å². The summed E-state index contributed by atoms with van der Waals surface area (Å²) in [6.07, 6.45) is 5.38. The molecule has 0 radical (unpaired) electrons. The Bertz CT molecular complexity index is 625. The van der Waals surface area contributed by atoms with Gasteiger partial charge in [-0.15, -0.1) is 11.3 Å². The van der Waals surface area contributed by atoms with E-state index in [9.17, 15) is 4.79 Å². The second-order valence-electron chi connectivity index (χ2n) is 5.27. The van der Waals surface area contributed by atoms with Crippen LogP contribution in [0.2, 0.25) is 0 Å². The van der Waals surface area contributed by atoms with Crippen molar-refractivity contribution in [2.75, 3.05) is 25.4 Å². The molecule has 2 aromatic rings. The molecule has 22 heavy (non-hydrogen) atoms. The topological polar surface area (TPSA) is 84.1 Å². The van der Waals surface area contributed by atoms with Crippen molar-refractivity contribution in [2.24, 2.45) is 0 Å². The summed E-state index contributed by atoms with van der Waals surface area (Å²) in [6.45, 7) is 2.70. The van der Waals surface area contributed by atoms with Gasteiger partial charge in [0.25, 0.3) is 5.91 Å². The largest absolute Gasteiger partial charge is 0.382 e. The number of carbonyl (C=O) groups is 1. The van der Waals surface area contributed by atoms with E-state index < -0.39 is 0 Å². The van der Waals surface area contributed by atoms with Gasteiger partial charge in [0, 0.05) is 23.8 Å². The van der Waals surface area contributed by atoms with Gasteiger partial charge in [0.1, 0.15) is 0 Å². The van der Waals surface area contributed by atoms with Gasteiger partial charge in [-0.3, -0.25) is 9.69 Å². The van der Waals surface area contributed by atoms with Crippen molar-refractivity contribution in [3.8, 4) is 0 Å². The second kappa shape index (κ2) is 6.85. The third-order valence-electron chi connectivity index (χ3n) is 3.85. The SMILES string of the molecule is Nc1nccnc1C(=O)NCC(c1cccs1)N1CCCC1. The van der Waals surface area contributed by atoms with E-state index in [0.717, 1.165) is 13.1 Å². The number of rotatable bonds is 5. The van der Waals surface area contributed by atoms with Crippen LogP contribution in [0.4, 0.5) is 5.82 Å². The maximum atomic E-state index is 12.2. The number of thiophene rings is 1. The first kappa shape index (κ1) is 14.9. The average molecular weight is 317 g/mol. The maximum Gasteiger partial charge on any atom is 0.273 e. The summed E-state index contributed by atoms with van der Waals surface area (Å²) in [6, 6.07) is 4.38. The molecule has 0 saturated carbocycles. The lowest BCUT2D eigenvalue weighted by atomic mass is 10.2. The summed E-state index contributed by atoms with van der Waals surface area (Å²) < 4.78 is 0.